The van der Waals surface area contributed by atoms with Crippen molar-refractivity contribution >= 4 is 28.8 Å². The number of rotatable bonds is 4. The number of aryl methyl sites for hydroxylation is 1. The van der Waals surface area contributed by atoms with Crippen molar-refractivity contribution in [2.24, 2.45) is 0 Å². The molecule has 2 heterocycles. The van der Waals surface area contributed by atoms with Crippen LogP contribution in [0, 0.1) is 12.7 Å². The fraction of sp³-hybridized carbons (Fsp3) is 0.273. The van der Waals surface area contributed by atoms with Crippen LogP contribution in [0.3, 0.4) is 0 Å². The van der Waals surface area contributed by atoms with Gasteiger partial charge in [0.15, 0.2) is 11.6 Å². The van der Waals surface area contributed by atoms with E-state index in [1.807, 2.05) is 12.1 Å². The van der Waals surface area contributed by atoms with Crippen LogP contribution in [0.4, 0.5) is 10.2 Å². The van der Waals surface area contributed by atoms with Gasteiger partial charge in [-0.2, -0.15) is 0 Å². The van der Waals surface area contributed by atoms with Crippen molar-refractivity contribution in [3.8, 4) is 0 Å². The predicted octanol–water partition coefficient (Wildman–Crippen LogP) is 3.29. The summed E-state index contributed by atoms with van der Waals surface area (Å²) in [6, 6.07) is 3.83. The second-order valence-electron chi connectivity index (χ2n) is 3.50. The fourth-order valence-corrected chi connectivity index (χ4v) is 2.46. The molecule has 0 saturated heterocycles. The van der Waals surface area contributed by atoms with Gasteiger partial charge in [-0.15, -0.1) is 11.3 Å². The third kappa shape index (κ3) is 3.14. The summed E-state index contributed by atoms with van der Waals surface area (Å²) in [6.07, 6.45) is 2.14. The maximum Gasteiger partial charge on any atom is 0.186 e. The summed E-state index contributed by atoms with van der Waals surface area (Å²) in [6.45, 7) is 2.23. The Bertz CT molecular complexity index is 515. The van der Waals surface area contributed by atoms with E-state index in [4.69, 9.17) is 11.6 Å². The molecule has 2 aromatic rings. The van der Waals surface area contributed by atoms with Crippen molar-refractivity contribution in [1.82, 2.24) is 9.97 Å². The molecule has 0 aromatic carbocycles. The van der Waals surface area contributed by atoms with Gasteiger partial charge in [0.05, 0.1) is 10.0 Å². The molecular weight excluding hydrogens is 261 g/mol. The number of aromatic nitrogens is 2. The van der Waals surface area contributed by atoms with Gasteiger partial charge in [0.1, 0.15) is 6.33 Å². The van der Waals surface area contributed by atoms with Crippen molar-refractivity contribution in [2.45, 2.75) is 13.3 Å². The highest BCUT2D eigenvalue weighted by Gasteiger charge is 2.06. The first-order valence-electron chi connectivity index (χ1n) is 5.12. The maximum absolute atomic E-state index is 13.5. The first-order valence-corrected chi connectivity index (χ1v) is 6.31. The van der Waals surface area contributed by atoms with Crippen LogP contribution in [-0.2, 0) is 6.42 Å². The summed E-state index contributed by atoms with van der Waals surface area (Å²) >= 11 is 7.35. The van der Waals surface area contributed by atoms with E-state index in [2.05, 4.69) is 15.3 Å². The number of halogens is 2. The molecule has 0 aliphatic carbocycles. The standard InChI is InChI=1S/C11H11ClFN3S/c1-7-10(13)11(16-6-15-7)14-5-4-8-2-3-9(12)17-8/h2-3,6H,4-5H2,1H3,(H,14,15,16). The van der Waals surface area contributed by atoms with Gasteiger partial charge in [-0.1, -0.05) is 11.6 Å². The average molecular weight is 272 g/mol. The largest absolute Gasteiger partial charge is 0.367 e. The molecule has 1 N–H and O–H groups in total. The lowest BCUT2D eigenvalue weighted by atomic mass is 10.3. The molecule has 0 saturated carbocycles. The van der Waals surface area contributed by atoms with Gasteiger partial charge in [-0.25, -0.2) is 14.4 Å². The van der Waals surface area contributed by atoms with Crippen LogP contribution in [0.15, 0.2) is 18.5 Å². The molecule has 90 valence electrons. The van der Waals surface area contributed by atoms with Gasteiger partial charge in [-0.3, -0.25) is 0 Å². The van der Waals surface area contributed by atoms with Crippen LogP contribution >= 0.6 is 22.9 Å². The lowest BCUT2D eigenvalue weighted by Crippen LogP contribution is -2.08. The van der Waals surface area contributed by atoms with E-state index in [-0.39, 0.29) is 5.82 Å². The third-order valence-corrected chi connectivity index (χ3v) is 3.55. The van der Waals surface area contributed by atoms with Crippen LogP contribution in [0.25, 0.3) is 0 Å². The molecule has 0 atom stereocenters. The molecule has 0 amide bonds. The quantitative estimate of drug-likeness (QED) is 0.927. The highest BCUT2D eigenvalue weighted by atomic mass is 35.5. The van der Waals surface area contributed by atoms with Crippen molar-refractivity contribution in [2.75, 3.05) is 11.9 Å². The fourth-order valence-electron chi connectivity index (χ4n) is 1.37. The highest BCUT2D eigenvalue weighted by molar-refractivity contribution is 7.16. The second-order valence-corrected chi connectivity index (χ2v) is 5.30. The molecule has 0 spiro atoms. The first-order chi connectivity index (χ1) is 8.16. The minimum Gasteiger partial charge on any atom is -0.367 e. The van der Waals surface area contributed by atoms with Crippen molar-refractivity contribution < 1.29 is 4.39 Å². The Labute approximate surface area is 108 Å². The normalized spacial score (nSPS) is 10.5. The van der Waals surface area contributed by atoms with Crippen molar-refractivity contribution in [3.63, 3.8) is 0 Å². The summed E-state index contributed by atoms with van der Waals surface area (Å²) < 4.78 is 14.3. The summed E-state index contributed by atoms with van der Waals surface area (Å²) in [4.78, 5) is 8.78. The number of nitrogens with zero attached hydrogens (tertiary/aromatic N) is 2. The van der Waals surface area contributed by atoms with Crippen molar-refractivity contribution in [1.29, 1.82) is 0 Å². The molecule has 6 heteroatoms. The number of hydrogen-bond donors (Lipinski definition) is 1. The molecule has 2 rings (SSSR count). The van der Waals surface area contributed by atoms with Gasteiger partial charge < -0.3 is 5.32 Å². The van der Waals surface area contributed by atoms with Crippen molar-refractivity contribution in [3.05, 3.63) is 39.2 Å². The zero-order chi connectivity index (χ0) is 12.3. The zero-order valence-electron chi connectivity index (χ0n) is 9.20. The van der Waals surface area contributed by atoms with Crippen LogP contribution in [0.5, 0.6) is 0 Å². The molecular formula is C11H11ClFN3S. The number of hydrogen-bond acceptors (Lipinski definition) is 4. The Morgan fingerprint density at radius 3 is 2.94 bits per heavy atom. The van der Waals surface area contributed by atoms with E-state index in [0.29, 0.717) is 12.2 Å². The lowest BCUT2D eigenvalue weighted by molar-refractivity contribution is 0.604. The van der Waals surface area contributed by atoms with Gasteiger partial charge in [0, 0.05) is 11.4 Å². The predicted molar refractivity (Wildman–Crippen MR) is 68.2 cm³/mol. The van der Waals surface area contributed by atoms with Gasteiger partial charge in [0.25, 0.3) is 0 Å². The molecule has 0 aliphatic rings. The minimum atomic E-state index is -0.392. The van der Waals surface area contributed by atoms with Crippen LogP contribution < -0.4 is 5.32 Å². The topological polar surface area (TPSA) is 37.8 Å². The zero-order valence-corrected chi connectivity index (χ0v) is 10.8. The van der Waals surface area contributed by atoms with E-state index in [9.17, 15) is 4.39 Å². The summed E-state index contributed by atoms with van der Waals surface area (Å²) in [5.41, 5.74) is 0.349. The third-order valence-electron chi connectivity index (χ3n) is 2.26. The van der Waals surface area contributed by atoms with E-state index in [0.717, 1.165) is 15.6 Å². The Morgan fingerprint density at radius 1 is 1.41 bits per heavy atom. The minimum absolute atomic E-state index is 0.250. The van der Waals surface area contributed by atoms with Crippen LogP contribution in [-0.4, -0.2) is 16.5 Å². The SMILES string of the molecule is Cc1ncnc(NCCc2ccc(Cl)s2)c1F. The Balaban J connectivity index is 1.92. The second kappa shape index (κ2) is 5.42. The van der Waals surface area contributed by atoms with Gasteiger partial charge >= 0.3 is 0 Å². The smallest absolute Gasteiger partial charge is 0.186 e. The molecule has 3 nitrogen and oxygen atoms in total. The molecule has 0 radical (unpaired) electrons. The number of nitrogens with one attached hydrogen (secondary N) is 1. The molecule has 17 heavy (non-hydrogen) atoms. The Kier molecular flexibility index (Phi) is 3.91. The summed E-state index contributed by atoms with van der Waals surface area (Å²) in [7, 11) is 0. The Morgan fingerprint density at radius 2 is 2.24 bits per heavy atom. The number of thiophene rings is 1. The molecule has 0 bridgehead atoms. The first kappa shape index (κ1) is 12.3. The average Bonchev–Trinajstić information content (AvgIpc) is 2.70. The van der Waals surface area contributed by atoms with E-state index in [1.54, 1.807) is 6.92 Å². The molecule has 0 fully saturated rings. The maximum atomic E-state index is 13.5. The number of anilines is 1. The van der Waals surface area contributed by atoms with Crippen LogP contribution in [0.2, 0.25) is 4.34 Å². The van der Waals surface area contributed by atoms with E-state index < -0.39 is 5.82 Å². The van der Waals surface area contributed by atoms with Gasteiger partial charge in [0.2, 0.25) is 0 Å². The monoisotopic (exact) mass is 271 g/mol. The highest BCUT2D eigenvalue weighted by Crippen LogP contribution is 2.21. The van der Waals surface area contributed by atoms with Gasteiger partial charge in [-0.05, 0) is 25.5 Å². The summed E-state index contributed by atoms with van der Waals surface area (Å²) in [5, 5.41) is 2.95. The summed E-state index contributed by atoms with van der Waals surface area (Å²) in [5.74, 6) is -0.142. The van der Waals surface area contributed by atoms with Crippen LogP contribution in [0.1, 0.15) is 10.6 Å². The molecule has 2 aromatic heterocycles. The van der Waals surface area contributed by atoms with E-state index >= 15 is 0 Å². The lowest BCUT2D eigenvalue weighted by Gasteiger charge is -2.06. The Hall–Kier alpha value is -1.20. The van der Waals surface area contributed by atoms with E-state index in [1.165, 1.54) is 17.7 Å². The molecule has 0 aliphatic heterocycles. The molecule has 0 unspecified atom stereocenters.